The first-order valence-corrected chi connectivity index (χ1v) is 7.19. The Bertz CT molecular complexity index is 501. The van der Waals surface area contributed by atoms with Crippen LogP contribution in [-0.2, 0) is 6.42 Å². The van der Waals surface area contributed by atoms with Gasteiger partial charge < -0.3 is 11.1 Å². The van der Waals surface area contributed by atoms with E-state index in [2.05, 4.69) is 21.4 Å². The van der Waals surface area contributed by atoms with Crippen LogP contribution < -0.4 is 11.1 Å². The minimum absolute atomic E-state index is 0.135. The van der Waals surface area contributed by atoms with Crippen LogP contribution in [0.25, 0.3) is 0 Å². The molecule has 1 aliphatic carbocycles. The highest BCUT2D eigenvalue weighted by atomic mass is 35.5. The maximum absolute atomic E-state index is 6.03. The van der Waals surface area contributed by atoms with Crippen LogP contribution in [0.5, 0.6) is 0 Å². The Labute approximate surface area is 123 Å². The molecule has 4 nitrogen and oxygen atoms in total. The molecule has 3 N–H and O–H groups in total. The number of halogens is 1. The van der Waals surface area contributed by atoms with Crippen molar-refractivity contribution in [2.45, 2.75) is 38.5 Å². The molecule has 0 unspecified atom stereocenters. The molecular weight excluding hydrogens is 280 g/mol. The minimum Gasteiger partial charge on any atom is -0.376 e. The first-order valence-electron chi connectivity index (χ1n) is 6.41. The standard InChI is InChI=1S/C13H17ClN4S/c14-11-12(18-13(15)19)16-8-10(17-11)7-6-9-4-2-1-3-5-9/h4,8H,1-3,5-7H2,(H3,15,16,18,19). The predicted octanol–water partition coefficient (Wildman–Crippen LogP) is 3.22. The highest BCUT2D eigenvalue weighted by molar-refractivity contribution is 7.80. The summed E-state index contributed by atoms with van der Waals surface area (Å²) in [5.41, 5.74) is 7.79. The Balaban J connectivity index is 1.95. The zero-order valence-corrected chi connectivity index (χ0v) is 12.2. The Kier molecular flexibility index (Phi) is 5.10. The number of nitrogens with zero attached hydrogens (tertiary/aromatic N) is 2. The fraction of sp³-hybridized carbons (Fsp3) is 0.462. The van der Waals surface area contributed by atoms with E-state index in [1.54, 1.807) is 6.20 Å². The summed E-state index contributed by atoms with van der Waals surface area (Å²) in [5.74, 6) is 0.412. The van der Waals surface area contributed by atoms with Crippen molar-refractivity contribution >= 4 is 34.7 Å². The fourth-order valence-electron chi connectivity index (χ4n) is 2.14. The second-order valence-electron chi connectivity index (χ2n) is 4.60. The molecule has 1 aliphatic rings. The minimum atomic E-state index is 0.135. The number of nitrogens with one attached hydrogen (secondary N) is 1. The number of rotatable bonds is 4. The van der Waals surface area contributed by atoms with Gasteiger partial charge in [-0.15, -0.1) is 0 Å². The van der Waals surface area contributed by atoms with Crippen molar-refractivity contribution in [1.29, 1.82) is 0 Å². The zero-order chi connectivity index (χ0) is 13.7. The molecule has 0 amide bonds. The molecule has 2 rings (SSSR count). The number of aromatic nitrogens is 2. The average Bonchev–Trinajstić information content (AvgIpc) is 2.40. The van der Waals surface area contributed by atoms with Crippen LogP contribution in [0, 0.1) is 0 Å². The lowest BCUT2D eigenvalue weighted by Crippen LogP contribution is -2.20. The lowest BCUT2D eigenvalue weighted by Gasteiger charge is -2.12. The molecule has 0 radical (unpaired) electrons. The summed E-state index contributed by atoms with van der Waals surface area (Å²) in [4.78, 5) is 8.50. The molecule has 102 valence electrons. The second kappa shape index (κ2) is 6.82. The fourth-order valence-corrected chi connectivity index (χ4v) is 2.44. The van der Waals surface area contributed by atoms with Crippen LogP contribution in [0.15, 0.2) is 17.8 Å². The molecule has 1 aromatic rings. The Hall–Kier alpha value is -1.20. The number of allylic oxidation sites excluding steroid dienone is 2. The molecule has 1 aromatic heterocycles. The van der Waals surface area contributed by atoms with E-state index in [1.165, 1.54) is 31.3 Å². The molecule has 6 heteroatoms. The summed E-state index contributed by atoms with van der Waals surface area (Å²) in [5, 5.41) is 3.14. The van der Waals surface area contributed by atoms with Gasteiger partial charge in [0.1, 0.15) is 0 Å². The van der Waals surface area contributed by atoms with Crippen molar-refractivity contribution < 1.29 is 0 Å². The lowest BCUT2D eigenvalue weighted by molar-refractivity contribution is 0.671. The van der Waals surface area contributed by atoms with Crippen molar-refractivity contribution in [2.75, 3.05) is 5.32 Å². The third-order valence-electron chi connectivity index (χ3n) is 3.11. The van der Waals surface area contributed by atoms with E-state index >= 15 is 0 Å². The van der Waals surface area contributed by atoms with Crippen molar-refractivity contribution in [3.05, 3.63) is 28.7 Å². The Morgan fingerprint density at radius 1 is 1.42 bits per heavy atom. The van der Waals surface area contributed by atoms with Crippen molar-refractivity contribution in [3.63, 3.8) is 0 Å². The van der Waals surface area contributed by atoms with Gasteiger partial charge in [-0.05, 0) is 50.7 Å². The molecule has 1 heterocycles. The molecule has 19 heavy (non-hydrogen) atoms. The maximum Gasteiger partial charge on any atom is 0.172 e. The lowest BCUT2D eigenvalue weighted by atomic mass is 9.96. The van der Waals surface area contributed by atoms with E-state index in [0.29, 0.717) is 11.0 Å². The second-order valence-corrected chi connectivity index (χ2v) is 5.40. The number of hydrogen-bond acceptors (Lipinski definition) is 3. The number of aryl methyl sites for hydroxylation is 1. The SMILES string of the molecule is NC(=S)Nc1ncc(CCC2=CCCCC2)nc1Cl. The van der Waals surface area contributed by atoms with Gasteiger partial charge in [-0.2, -0.15) is 0 Å². The third kappa shape index (κ3) is 4.44. The van der Waals surface area contributed by atoms with E-state index in [9.17, 15) is 0 Å². The van der Waals surface area contributed by atoms with E-state index in [1.807, 2.05) is 0 Å². The monoisotopic (exact) mass is 296 g/mol. The molecule has 0 bridgehead atoms. The van der Waals surface area contributed by atoms with Gasteiger partial charge in [-0.1, -0.05) is 23.3 Å². The molecule has 0 aliphatic heterocycles. The highest BCUT2D eigenvalue weighted by Crippen LogP contribution is 2.22. The maximum atomic E-state index is 6.03. The topological polar surface area (TPSA) is 63.8 Å². The molecule has 0 spiro atoms. The number of anilines is 1. The van der Waals surface area contributed by atoms with E-state index in [4.69, 9.17) is 29.6 Å². The normalized spacial score (nSPS) is 14.9. The summed E-state index contributed by atoms with van der Waals surface area (Å²) >= 11 is 10.8. The van der Waals surface area contributed by atoms with Crippen LogP contribution in [0.2, 0.25) is 5.15 Å². The highest BCUT2D eigenvalue weighted by Gasteiger charge is 2.08. The summed E-state index contributed by atoms with van der Waals surface area (Å²) in [6.45, 7) is 0. The zero-order valence-electron chi connectivity index (χ0n) is 10.7. The van der Waals surface area contributed by atoms with Gasteiger partial charge in [0, 0.05) is 0 Å². The predicted molar refractivity (Wildman–Crippen MR) is 82.3 cm³/mol. The van der Waals surface area contributed by atoms with Crippen molar-refractivity contribution in [3.8, 4) is 0 Å². The van der Waals surface area contributed by atoms with Crippen molar-refractivity contribution in [2.24, 2.45) is 5.73 Å². The third-order valence-corrected chi connectivity index (χ3v) is 3.47. The Morgan fingerprint density at radius 2 is 2.26 bits per heavy atom. The van der Waals surface area contributed by atoms with E-state index < -0.39 is 0 Å². The summed E-state index contributed by atoms with van der Waals surface area (Å²) in [6.07, 6.45) is 11.0. The molecule has 0 fully saturated rings. The molecule has 0 aromatic carbocycles. The van der Waals surface area contributed by atoms with E-state index in [0.717, 1.165) is 18.5 Å². The average molecular weight is 297 g/mol. The van der Waals surface area contributed by atoms with Crippen LogP contribution >= 0.6 is 23.8 Å². The van der Waals surface area contributed by atoms with Crippen molar-refractivity contribution in [1.82, 2.24) is 9.97 Å². The molecule has 0 saturated carbocycles. The molecular formula is C13H17ClN4S. The van der Waals surface area contributed by atoms with Gasteiger partial charge in [-0.25, -0.2) is 9.97 Å². The van der Waals surface area contributed by atoms with Gasteiger partial charge in [0.2, 0.25) is 0 Å². The summed E-state index contributed by atoms with van der Waals surface area (Å²) < 4.78 is 0. The van der Waals surface area contributed by atoms with Gasteiger partial charge in [0.25, 0.3) is 0 Å². The summed E-state index contributed by atoms with van der Waals surface area (Å²) in [7, 11) is 0. The quantitative estimate of drug-likeness (QED) is 0.660. The van der Waals surface area contributed by atoms with Gasteiger partial charge in [-0.3, -0.25) is 0 Å². The number of thiocarbonyl (C=S) groups is 1. The largest absolute Gasteiger partial charge is 0.376 e. The van der Waals surface area contributed by atoms with Gasteiger partial charge >= 0.3 is 0 Å². The first kappa shape index (κ1) is 14.2. The number of hydrogen-bond donors (Lipinski definition) is 2. The van der Waals surface area contributed by atoms with Gasteiger partial charge in [0.15, 0.2) is 16.1 Å². The molecule has 0 atom stereocenters. The smallest absolute Gasteiger partial charge is 0.172 e. The summed E-state index contributed by atoms with van der Waals surface area (Å²) in [6, 6.07) is 0. The van der Waals surface area contributed by atoms with Crippen LogP contribution in [0.1, 0.15) is 37.8 Å². The molecule has 0 saturated heterocycles. The first-order chi connectivity index (χ1) is 9.15. The Morgan fingerprint density at radius 3 is 2.89 bits per heavy atom. The van der Waals surface area contributed by atoms with Crippen LogP contribution in [0.3, 0.4) is 0 Å². The van der Waals surface area contributed by atoms with Crippen LogP contribution in [0.4, 0.5) is 5.82 Å². The van der Waals surface area contributed by atoms with Gasteiger partial charge in [0.05, 0.1) is 11.9 Å². The number of nitrogens with two attached hydrogens (primary N) is 1. The van der Waals surface area contributed by atoms with Crippen LogP contribution in [-0.4, -0.2) is 15.1 Å². The van der Waals surface area contributed by atoms with E-state index in [-0.39, 0.29) is 5.11 Å².